The van der Waals surface area contributed by atoms with Crippen molar-refractivity contribution >= 4 is 27.6 Å². The van der Waals surface area contributed by atoms with Crippen LogP contribution in [0.5, 0.6) is 5.75 Å². The molecular formula is C30H42N6O4S. The van der Waals surface area contributed by atoms with E-state index >= 15 is 0 Å². The van der Waals surface area contributed by atoms with Crippen LogP contribution in [0.15, 0.2) is 36.7 Å². The standard InChI is InChI=1S/C30H42N6O4S/c1-21(2)41(38,39)36(4)29-18-24(17-28(35-29)33-19-25-16-22(25)3)30(37)34-26(20-40-27-10-14-32-15-11-27)9-13-31-12-5-6-23-7-8-23/h10-11,14-15,17-18,21-23,25-26,31H,7-9,12-13,16,19-20H2,1-4H3,(H,33,35)(H,34,37). The average Bonchev–Trinajstić information content (AvgIpc) is 3.90. The number of nitrogens with zero attached hydrogens (tertiary/aromatic N) is 3. The molecule has 2 aromatic heterocycles. The van der Waals surface area contributed by atoms with Crippen LogP contribution in [0.2, 0.25) is 0 Å². The van der Waals surface area contributed by atoms with Gasteiger partial charge in [-0.2, -0.15) is 0 Å². The maximum atomic E-state index is 13.6. The number of hydrogen-bond acceptors (Lipinski definition) is 8. The summed E-state index contributed by atoms with van der Waals surface area (Å²) in [4.78, 5) is 22.1. The molecule has 10 nitrogen and oxygen atoms in total. The average molecular weight is 583 g/mol. The number of carbonyl (C=O) groups is 1. The minimum absolute atomic E-state index is 0.193. The predicted octanol–water partition coefficient (Wildman–Crippen LogP) is 3.29. The first-order valence-electron chi connectivity index (χ1n) is 14.4. The summed E-state index contributed by atoms with van der Waals surface area (Å²) >= 11 is 0. The molecule has 41 heavy (non-hydrogen) atoms. The Morgan fingerprint density at radius 3 is 2.61 bits per heavy atom. The number of anilines is 2. The van der Waals surface area contributed by atoms with Crippen molar-refractivity contribution in [2.45, 2.75) is 57.7 Å². The van der Waals surface area contributed by atoms with Crippen molar-refractivity contribution in [1.29, 1.82) is 0 Å². The lowest BCUT2D eigenvalue weighted by Gasteiger charge is -2.23. The van der Waals surface area contributed by atoms with Gasteiger partial charge in [-0.15, -0.1) is 0 Å². The fraction of sp³-hybridized carbons (Fsp3) is 0.567. The topological polar surface area (TPSA) is 126 Å². The lowest BCUT2D eigenvalue weighted by molar-refractivity contribution is 0.0918. The van der Waals surface area contributed by atoms with Gasteiger partial charge in [-0.1, -0.05) is 18.8 Å². The number of amides is 1. The molecule has 3 N–H and O–H groups in total. The Balaban J connectivity index is 1.47. The number of rotatable bonds is 15. The third-order valence-corrected chi connectivity index (χ3v) is 9.54. The van der Waals surface area contributed by atoms with Gasteiger partial charge in [0.25, 0.3) is 5.91 Å². The molecule has 4 rings (SSSR count). The van der Waals surface area contributed by atoms with Gasteiger partial charge in [0.1, 0.15) is 24.0 Å². The van der Waals surface area contributed by atoms with Gasteiger partial charge in [0.05, 0.1) is 17.8 Å². The summed E-state index contributed by atoms with van der Waals surface area (Å²) in [5.41, 5.74) is 0.323. The molecule has 2 aliphatic rings. The van der Waals surface area contributed by atoms with Gasteiger partial charge in [0.15, 0.2) is 0 Å². The second-order valence-electron chi connectivity index (χ2n) is 11.2. The second-order valence-corrected chi connectivity index (χ2v) is 13.8. The lowest BCUT2D eigenvalue weighted by Crippen LogP contribution is -2.41. The Bertz CT molecular complexity index is 1340. The molecule has 2 heterocycles. The van der Waals surface area contributed by atoms with Crippen molar-refractivity contribution < 1.29 is 17.9 Å². The minimum atomic E-state index is -3.63. The molecule has 0 aliphatic heterocycles. The summed E-state index contributed by atoms with van der Waals surface area (Å²) in [7, 11) is -2.17. The van der Waals surface area contributed by atoms with E-state index < -0.39 is 15.3 Å². The van der Waals surface area contributed by atoms with Crippen LogP contribution in [0.3, 0.4) is 0 Å². The van der Waals surface area contributed by atoms with E-state index in [0.717, 1.165) is 17.3 Å². The van der Waals surface area contributed by atoms with E-state index in [-0.39, 0.29) is 24.4 Å². The molecule has 222 valence electrons. The highest BCUT2D eigenvalue weighted by Crippen LogP contribution is 2.37. The Morgan fingerprint density at radius 2 is 1.95 bits per heavy atom. The van der Waals surface area contributed by atoms with Crippen LogP contribution in [0, 0.1) is 29.6 Å². The summed E-state index contributed by atoms with van der Waals surface area (Å²) in [5.74, 6) is 9.14. The summed E-state index contributed by atoms with van der Waals surface area (Å²) < 4.78 is 32.9. The van der Waals surface area contributed by atoms with Gasteiger partial charge < -0.3 is 20.7 Å². The van der Waals surface area contributed by atoms with E-state index in [1.54, 1.807) is 44.4 Å². The van der Waals surface area contributed by atoms with E-state index in [0.29, 0.717) is 54.4 Å². The Hall–Kier alpha value is -3.36. The molecule has 1 amide bonds. The van der Waals surface area contributed by atoms with E-state index in [1.165, 1.54) is 26.0 Å². The maximum Gasteiger partial charge on any atom is 0.251 e. The maximum absolute atomic E-state index is 13.6. The first kappa shape index (κ1) is 30.6. The quantitative estimate of drug-likeness (QED) is 0.216. The van der Waals surface area contributed by atoms with Crippen LogP contribution in [-0.2, 0) is 10.0 Å². The van der Waals surface area contributed by atoms with Crippen molar-refractivity contribution in [3.05, 3.63) is 42.2 Å². The highest BCUT2D eigenvalue weighted by Gasteiger charge is 2.32. The predicted molar refractivity (Wildman–Crippen MR) is 161 cm³/mol. The van der Waals surface area contributed by atoms with Crippen LogP contribution in [0.25, 0.3) is 0 Å². The molecule has 11 heteroatoms. The van der Waals surface area contributed by atoms with E-state index in [9.17, 15) is 13.2 Å². The van der Waals surface area contributed by atoms with Crippen molar-refractivity contribution in [1.82, 2.24) is 20.6 Å². The smallest absolute Gasteiger partial charge is 0.251 e. The number of aromatic nitrogens is 2. The van der Waals surface area contributed by atoms with Gasteiger partial charge in [-0.3, -0.25) is 14.1 Å². The Labute approximate surface area is 244 Å². The number of ether oxygens (including phenoxy) is 1. The second kappa shape index (κ2) is 14.0. The third-order valence-electron chi connectivity index (χ3n) is 7.40. The number of carbonyl (C=O) groups excluding carboxylic acids is 1. The lowest BCUT2D eigenvalue weighted by atomic mass is 10.1. The normalized spacial score (nSPS) is 18.7. The molecule has 0 spiro atoms. The summed E-state index contributed by atoms with van der Waals surface area (Å²) in [5, 5.41) is 9.08. The Kier molecular flexibility index (Phi) is 10.5. The number of sulfonamides is 1. The molecule has 2 saturated carbocycles. The molecule has 0 aromatic carbocycles. The minimum Gasteiger partial charge on any atom is -0.491 e. The van der Waals surface area contributed by atoms with Gasteiger partial charge in [0.2, 0.25) is 10.0 Å². The zero-order chi connectivity index (χ0) is 29.4. The van der Waals surface area contributed by atoms with Crippen molar-refractivity contribution in [3.63, 3.8) is 0 Å². The molecule has 3 unspecified atom stereocenters. The van der Waals surface area contributed by atoms with Crippen LogP contribution >= 0.6 is 0 Å². The number of nitrogens with one attached hydrogen (secondary N) is 3. The van der Waals surface area contributed by atoms with Crippen molar-refractivity contribution in [2.24, 2.45) is 17.8 Å². The van der Waals surface area contributed by atoms with Crippen molar-refractivity contribution in [3.8, 4) is 17.6 Å². The molecule has 2 fully saturated rings. The largest absolute Gasteiger partial charge is 0.491 e. The third kappa shape index (κ3) is 9.33. The summed E-state index contributed by atoms with van der Waals surface area (Å²) in [6, 6.07) is 6.42. The number of pyridine rings is 2. The SMILES string of the molecule is CC1CC1CNc1cc(C(=O)NC(CCNCC#CC2CC2)COc2ccncc2)cc(N(C)S(=O)(=O)C(C)C)n1. The van der Waals surface area contributed by atoms with Crippen LogP contribution in [0.1, 0.15) is 56.8 Å². The number of hydrogen-bond donors (Lipinski definition) is 3. The first-order chi connectivity index (χ1) is 19.6. The van der Waals surface area contributed by atoms with Gasteiger partial charge in [0, 0.05) is 37.5 Å². The van der Waals surface area contributed by atoms with Gasteiger partial charge in [-0.05, 0) is 82.2 Å². The molecule has 2 aliphatic carbocycles. The summed E-state index contributed by atoms with van der Waals surface area (Å²) in [6.07, 6.45) is 7.45. The zero-order valence-corrected chi connectivity index (χ0v) is 25.2. The van der Waals surface area contributed by atoms with Gasteiger partial charge in [-0.25, -0.2) is 13.4 Å². The molecule has 0 bridgehead atoms. The Morgan fingerprint density at radius 1 is 1.22 bits per heavy atom. The van der Waals surface area contributed by atoms with E-state index in [4.69, 9.17) is 4.74 Å². The van der Waals surface area contributed by atoms with Gasteiger partial charge >= 0.3 is 0 Å². The van der Waals surface area contributed by atoms with Crippen LogP contribution in [0.4, 0.5) is 11.6 Å². The van der Waals surface area contributed by atoms with E-state index in [1.807, 2.05) is 0 Å². The first-order valence-corrected chi connectivity index (χ1v) is 15.9. The fourth-order valence-electron chi connectivity index (χ4n) is 4.21. The van der Waals surface area contributed by atoms with Crippen molar-refractivity contribution in [2.75, 3.05) is 42.9 Å². The highest BCUT2D eigenvalue weighted by molar-refractivity contribution is 7.93. The molecule has 0 radical (unpaired) electrons. The van der Waals surface area contributed by atoms with E-state index in [2.05, 4.69) is 44.7 Å². The fourth-order valence-corrected chi connectivity index (χ4v) is 5.20. The summed E-state index contributed by atoms with van der Waals surface area (Å²) in [6.45, 7) is 7.66. The molecule has 2 aromatic rings. The monoisotopic (exact) mass is 582 g/mol. The van der Waals surface area contributed by atoms with Crippen LogP contribution in [-0.4, -0.2) is 68.9 Å². The van der Waals surface area contributed by atoms with Crippen LogP contribution < -0.4 is 25.0 Å². The molecular weight excluding hydrogens is 540 g/mol. The zero-order valence-electron chi connectivity index (χ0n) is 24.4. The highest BCUT2D eigenvalue weighted by atomic mass is 32.2. The molecule has 0 saturated heterocycles. The molecule has 3 atom stereocenters.